The van der Waals surface area contributed by atoms with Crippen LogP contribution in [0.4, 0.5) is 4.39 Å². The number of carbonyl (C=O) groups is 1. The molecular formula is C16H20ClFN4O. The van der Waals surface area contributed by atoms with Crippen molar-refractivity contribution in [1.29, 1.82) is 0 Å². The fraction of sp³-hybridized carbons (Fsp3) is 0.375. The Hall–Kier alpha value is -1.92. The van der Waals surface area contributed by atoms with Crippen molar-refractivity contribution < 1.29 is 9.18 Å². The largest absolute Gasteiger partial charge is 0.372 e. The summed E-state index contributed by atoms with van der Waals surface area (Å²) in [5.74, 6) is 0.438. The van der Waals surface area contributed by atoms with E-state index in [4.69, 9.17) is 16.4 Å². The molecule has 1 aliphatic heterocycles. The van der Waals surface area contributed by atoms with Crippen LogP contribution in [-0.2, 0) is 17.9 Å². The van der Waals surface area contributed by atoms with Gasteiger partial charge in [0.1, 0.15) is 11.6 Å². The highest BCUT2D eigenvalue weighted by molar-refractivity contribution is 6.30. The summed E-state index contributed by atoms with van der Waals surface area (Å²) in [5.41, 5.74) is 7.19. The van der Waals surface area contributed by atoms with Gasteiger partial charge in [-0.3, -0.25) is 4.79 Å². The zero-order valence-electron chi connectivity index (χ0n) is 13.2. The van der Waals surface area contributed by atoms with E-state index in [2.05, 4.69) is 27.2 Å². The molecule has 0 aliphatic carbocycles. The molecule has 7 heteroatoms. The van der Waals surface area contributed by atoms with Crippen molar-refractivity contribution >= 4 is 18.0 Å². The maximum atomic E-state index is 13.7. The van der Waals surface area contributed by atoms with Crippen LogP contribution in [0.15, 0.2) is 18.2 Å². The molecule has 3 rings (SSSR count). The van der Waals surface area contributed by atoms with Gasteiger partial charge in [-0.2, -0.15) is 0 Å². The summed E-state index contributed by atoms with van der Waals surface area (Å²) in [7, 11) is 2.11. The Morgan fingerprint density at radius 2 is 2.09 bits per heavy atom. The number of primary amides is 1. The number of imidazole rings is 1. The van der Waals surface area contributed by atoms with Crippen LogP contribution in [0.3, 0.4) is 0 Å². The number of carbonyl (C=O) groups excluding carboxylic acids is 1. The van der Waals surface area contributed by atoms with Crippen molar-refractivity contribution in [3.05, 3.63) is 40.4 Å². The van der Waals surface area contributed by atoms with E-state index in [-0.39, 0.29) is 11.4 Å². The number of hydrogen-bond acceptors (Lipinski definition) is 3. The lowest BCUT2D eigenvalue weighted by molar-refractivity contribution is -0.106. The number of hydrogen-bond donors (Lipinski definition) is 1. The summed E-state index contributed by atoms with van der Waals surface area (Å²) in [5, 5.41) is 0.146. The Balaban J connectivity index is 0.000000595. The molecule has 1 aromatic carbocycles. The van der Waals surface area contributed by atoms with Gasteiger partial charge >= 0.3 is 0 Å². The van der Waals surface area contributed by atoms with Crippen LogP contribution in [-0.4, -0.2) is 34.5 Å². The number of nitrogens with zero attached hydrogens (tertiary/aromatic N) is 3. The number of rotatable bonds is 1. The summed E-state index contributed by atoms with van der Waals surface area (Å²) in [6.45, 7) is 4.88. The van der Waals surface area contributed by atoms with E-state index in [0.29, 0.717) is 0 Å². The highest BCUT2D eigenvalue weighted by atomic mass is 35.5. The van der Waals surface area contributed by atoms with Gasteiger partial charge in [0.15, 0.2) is 0 Å². The maximum Gasteiger partial charge on any atom is 0.204 e. The lowest BCUT2D eigenvalue weighted by Crippen LogP contribution is -2.17. The van der Waals surface area contributed by atoms with Crippen molar-refractivity contribution in [2.24, 2.45) is 5.73 Å². The highest BCUT2D eigenvalue weighted by Gasteiger charge is 2.20. The normalized spacial score (nSPS) is 14.4. The standard InChI is InChI=1S/C15H17ClFN3.CH3NO/c1-10-14-9-19(2)6-3-7-20(14)15(18-10)11-4-5-12(16)13(17)8-11;2-1-3/h4-5,8H,3,6-7,9H2,1-2H3;1H,(H2,2,3). The Morgan fingerprint density at radius 1 is 1.39 bits per heavy atom. The Morgan fingerprint density at radius 3 is 2.74 bits per heavy atom. The van der Waals surface area contributed by atoms with Gasteiger partial charge in [0, 0.05) is 18.7 Å². The van der Waals surface area contributed by atoms with Gasteiger partial charge in [0.2, 0.25) is 6.41 Å². The smallest absolute Gasteiger partial charge is 0.204 e. The summed E-state index contributed by atoms with van der Waals surface area (Å²) >= 11 is 5.75. The van der Waals surface area contributed by atoms with Crippen molar-refractivity contribution in [2.45, 2.75) is 26.4 Å². The number of aryl methyl sites for hydroxylation is 1. The molecular weight excluding hydrogens is 319 g/mol. The molecule has 0 atom stereocenters. The first-order valence-electron chi connectivity index (χ1n) is 7.33. The van der Waals surface area contributed by atoms with Crippen LogP contribution >= 0.6 is 11.6 Å². The molecule has 2 heterocycles. The molecule has 0 unspecified atom stereocenters. The monoisotopic (exact) mass is 338 g/mol. The molecule has 23 heavy (non-hydrogen) atoms. The van der Waals surface area contributed by atoms with E-state index >= 15 is 0 Å². The number of halogens is 2. The van der Waals surface area contributed by atoms with Crippen molar-refractivity contribution in [3.8, 4) is 11.4 Å². The van der Waals surface area contributed by atoms with Gasteiger partial charge in [0.25, 0.3) is 0 Å². The van der Waals surface area contributed by atoms with Crippen LogP contribution in [0.5, 0.6) is 0 Å². The quantitative estimate of drug-likeness (QED) is 0.813. The average molecular weight is 339 g/mol. The van der Waals surface area contributed by atoms with Gasteiger partial charge in [-0.15, -0.1) is 0 Å². The lowest BCUT2D eigenvalue weighted by Gasteiger charge is -2.12. The van der Waals surface area contributed by atoms with E-state index in [9.17, 15) is 4.39 Å². The van der Waals surface area contributed by atoms with E-state index in [1.807, 2.05) is 13.0 Å². The summed E-state index contributed by atoms with van der Waals surface area (Å²) in [6.07, 6.45) is 1.32. The number of nitrogens with two attached hydrogens (primary N) is 1. The molecule has 0 spiro atoms. The summed E-state index contributed by atoms with van der Waals surface area (Å²) in [4.78, 5) is 15.5. The molecule has 0 saturated carbocycles. The molecule has 0 saturated heterocycles. The van der Waals surface area contributed by atoms with Crippen LogP contribution in [0, 0.1) is 12.7 Å². The molecule has 124 valence electrons. The Kier molecular flexibility index (Phi) is 5.74. The third-order valence-electron chi connectivity index (χ3n) is 3.79. The fourth-order valence-electron chi connectivity index (χ4n) is 2.74. The SMILES string of the molecule is Cc1nc(-c2ccc(Cl)c(F)c2)n2c1CN(C)CCC2.NC=O. The third-order valence-corrected chi connectivity index (χ3v) is 4.10. The van der Waals surface area contributed by atoms with Crippen LogP contribution < -0.4 is 5.73 Å². The summed E-state index contributed by atoms with van der Waals surface area (Å²) in [6, 6.07) is 4.88. The van der Waals surface area contributed by atoms with Gasteiger partial charge in [0.05, 0.1) is 16.4 Å². The van der Waals surface area contributed by atoms with Crippen LogP contribution in [0.2, 0.25) is 5.02 Å². The molecule has 1 amide bonds. The minimum atomic E-state index is -0.398. The van der Waals surface area contributed by atoms with Crippen molar-refractivity contribution in [1.82, 2.24) is 14.5 Å². The predicted molar refractivity (Wildman–Crippen MR) is 88.6 cm³/mol. The molecule has 0 radical (unpaired) electrons. The van der Waals surface area contributed by atoms with E-state index < -0.39 is 5.82 Å². The molecule has 0 bridgehead atoms. The van der Waals surface area contributed by atoms with E-state index in [1.165, 1.54) is 11.8 Å². The maximum absolute atomic E-state index is 13.7. The topological polar surface area (TPSA) is 64.2 Å². The van der Waals surface area contributed by atoms with Crippen LogP contribution in [0.1, 0.15) is 17.8 Å². The molecule has 1 aromatic heterocycles. The number of fused-ring (bicyclic) bond motifs is 1. The first-order valence-corrected chi connectivity index (χ1v) is 7.71. The number of amides is 1. The second kappa shape index (κ2) is 7.57. The zero-order chi connectivity index (χ0) is 17.0. The van der Waals surface area contributed by atoms with Crippen molar-refractivity contribution in [3.63, 3.8) is 0 Å². The molecule has 5 nitrogen and oxygen atoms in total. The first kappa shape index (κ1) is 17.4. The Bertz CT molecular complexity index is 702. The fourth-order valence-corrected chi connectivity index (χ4v) is 2.85. The Labute approximate surface area is 139 Å². The molecule has 1 aliphatic rings. The van der Waals surface area contributed by atoms with Gasteiger partial charge in [-0.05, 0) is 45.1 Å². The predicted octanol–water partition coefficient (Wildman–Crippen LogP) is 2.59. The first-order chi connectivity index (χ1) is 11.0. The van der Waals surface area contributed by atoms with Gasteiger partial charge in [-0.25, -0.2) is 9.37 Å². The third kappa shape index (κ3) is 3.89. The van der Waals surface area contributed by atoms with Gasteiger partial charge in [-0.1, -0.05) is 11.6 Å². The minimum absolute atomic E-state index is 0.146. The molecule has 2 aromatic rings. The van der Waals surface area contributed by atoms with Gasteiger partial charge < -0.3 is 15.2 Å². The molecule has 0 fully saturated rings. The molecule has 2 N–H and O–H groups in total. The average Bonchev–Trinajstić information content (AvgIpc) is 2.69. The summed E-state index contributed by atoms with van der Waals surface area (Å²) < 4.78 is 15.9. The minimum Gasteiger partial charge on any atom is -0.372 e. The number of aromatic nitrogens is 2. The highest BCUT2D eigenvalue weighted by Crippen LogP contribution is 2.27. The number of benzene rings is 1. The van der Waals surface area contributed by atoms with E-state index in [0.717, 1.165) is 43.1 Å². The second-order valence-corrected chi connectivity index (χ2v) is 5.88. The zero-order valence-corrected chi connectivity index (χ0v) is 14.0. The van der Waals surface area contributed by atoms with E-state index in [1.54, 1.807) is 6.07 Å². The van der Waals surface area contributed by atoms with Crippen molar-refractivity contribution in [2.75, 3.05) is 13.6 Å². The second-order valence-electron chi connectivity index (χ2n) is 5.48. The lowest BCUT2D eigenvalue weighted by atomic mass is 10.2. The van der Waals surface area contributed by atoms with Crippen LogP contribution in [0.25, 0.3) is 11.4 Å².